The van der Waals surface area contributed by atoms with E-state index in [9.17, 15) is 4.79 Å². The molecule has 1 heterocycles. The molecular weight excluding hydrogens is 248 g/mol. The van der Waals surface area contributed by atoms with E-state index in [2.05, 4.69) is 25.9 Å². The third-order valence-corrected chi connectivity index (χ3v) is 3.30. The van der Waals surface area contributed by atoms with Crippen LogP contribution in [0.1, 0.15) is 42.4 Å². The van der Waals surface area contributed by atoms with Gasteiger partial charge in [0.15, 0.2) is 5.78 Å². The van der Waals surface area contributed by atoms with Crippen LogP contribution in [0.5, 0.6) is 0 Å². The number of ketones is 1. The van der Waals surface area contributed by atoms with E-state index in [1.54, 1.807) is 23.0 Å². The Balaban J connectivity index is 2.14. The molecule has 0 saturated heterocycles. The van der Waals surface area contributed by atoms with Crippen molar-refractivity contribution in [2.75, 3.05) is 0 Å². The van der Waals surface area contributed by atoms with Gasteiger partial charge < -0.3 is 0 Å². The molecule has 1 aromatic heterocycles. The van der Waals surface area contributed by atoms with Crippen LogP contribution in [0.4, 0.5) is 0 Å². The molecule has 0 aliphatic heterocycles. The molecule has 2 rings (SSSR count). The number of hydrogen-bond donors (Lipinski definition) is 0. The topological polar surface area (TPSA) is 34.9 Å². The van der Waals surface area contributed by atoms with Crippen molar-refractivity contribution in [3.8, 4) is 0 Å². The fourth-order valence-corrected chi connectivity index (χ4v) is 1.94. The van der Waals surface area contributed by atoms with Gasteiger partial charge in [-0.2, -0.15) is 5.10 Å². The van der Waals surface area contributed by atoms with E-state index in [4.69, 9.17) is 0 Å². The molecule has 104 valence electrons. The molecule has 3 heteroatoms. The van der Waals surface area contributed by atoms with Crippen molar-refractivity contribution in [2.24, 2.45) is 7.05 Å². The zero-order valence-electron chi connectivity index (χ0n) is 12.4. The Labute approximate surface area is 119 Å². The summed E-state index contributed by atoms with van der Waals surface area (Å²) in [5.41, 5.74) is 2.94. The van der Waals surface area contributed by atoms with Crippen molar-refractivity contribution in [2.45, 2.75) is 26.2 Å². The Hall–Kier alpha value is -2.16. The molecule has 20 heavy (non-hydrogen) atoms. The maximum absolute atomic E-state index is 12.1. The lowest BCUT2D eigenvalue weighted by Gasteiger charge is -2.18. The Morgan fingerprint density at radius 2 is 1.80 bits per heavy atom. The lowest BCUT2D eigenvalue weighted by molar-refractivity contribution is 0.104. The molecule has 0 unspecified atom stereocenters. The van der Waals surface area contributed by atoms with Crippen LogP contribution in [0.3, 0.4) is 0 Å². The largest absolute Gasteiger partial charge is 0.289 e. The van der Waals surface area contributed by atoms with Crippen LogP contribution in [0.2, 0.25) is 0 Å². The maximum Gasteiger partial charge on any atom is 0.185 e. The predicted octanol–water partition coefficient (Wildman–Crippen LogP) is 3.61. The van der Waals surface area contributed by atoms with Crippen molar-refractivity contribution in [3.05, 3.63) is 59.4 Å². The number of nitrogens with zero attached hydrogens (tertiary/aromatic N) is 2. The van der Waals surface area contributed by atoms with Crippen LogP contribution >= 0.6 is 0 Å². The minimum atomic E-state index is 0.00617. The fraction of sp³-hybridized carbons (Fsp3) is 0.294. The molecule has 0 bridgehead atoms. The zero-order chi connectivity index (χ0) is 14.8. The first-order chi connectivity index (χ1) is 9.38. The van der Waals surface area contributed by atoms with Gasteiger partial charge in [-0.15, -0.1) is 0 Å². The molecule has 0 amide bonds. The first kappa shape index (κ1) is 14.3. The van der Waals surface area contributed by atoms with Gasteiger partial charge in [0, 0.05) is 18.8 Å². The highest BCUT2D eigenvalue weighted by Crippen LogP contribution is 2.22. The van der Waals surface area contributed by atoms with Crippen LogP contribution < -0.4 is 0 Å². The van der Waals surface area contributed by atoms with Crippen molar-refractivity contribution < 1.29 is 4.79 Å². The van der Waals surface area contributed by atoms with Gasteiger partial charge in [0.25, 0.3) is 0 Å². The van der Waals surface area contributed by atoms with E-state index in [-0.39, 0.29) is 11.2 Å². The summed E-state index contributed by atoms with van der Waals surface area (Å²) in [5, 5.41) is 4.06. The normalized spacial score (nSPS) is 12.0. The Bertz CT molecular complexity index is 628. The average Bonchev–Trinajstić information content (AvgIpc) is 2.81. The predicted molar refractivity (Wildman–Crippen MR) is 81.7 cm³/mol. The van der Waals surface area contributed by atoms with E-state index in [0.717, 1.165) is 5.69 Å². The number of benzene rings is 1. The summed E-state index contributed by atoms with van der Waals surface area (Å²) >= 11 is 0. The number of allylic oxidation sites excluding steroid dienone is 1. The minimum Gasteiger partial charge on any atom is -0.289 e. The number of aryl methyl sites for hydroxylation is 1. The van der Waals surface area contributed by atoms with Gasteiger partial charge >= 0.3 is 0 Å². The van der Waals surface area contributed by atoms with Gasteiger partial charge in [-0.3, -0.25) is 9.48 Å². The summed E-state index contributed by atoms with van der Waals surface area (Å²) in [5.74, 6) is 0.00617. The second-order valence-electron chi connectivity index (χ2n) is 5.90. The zero-order valence-corrected chi connectivity index (χ0v) is 12.4. The van der Waals surface area contributed by atoms with Crippen LogP contribution in [-0.2, 0) is 12.5 Å². The number of carbonyl (C=O) groups excluding carboxylic acids is 1. The first-order valence-electron chi connectivity index (χ1n) is 6.69. The smallest absolute Gasteiger partial charge is 0.185 e. The van der Waals surface area contributed by atoms with E-state index < -0.39 is 0 Å². The highest BCUT2D eigenvalue weighted by molar-refractivity contribution is 6.06. The summed E-state index contributed by atoms with van der Waals surface area (Å²) in [6, 6.07) is 9.68. The second kappa shape index (κ2) is 5.45. The number of carbonyl (C=O) groups is 1. The number of hydrogen-bond acceptors (Lipinski definition) is 2. The van der Waals surface area contributed by atoms with Crippen molar-refractivity contribution in [1.82, 2.24) is 9.78 Å². The van der Waals surface area contributed by atoms with Crippen molar-refractivity contribution in [1.29, 1.82) is 0 Å². The van der Waals surface area contributed by atoms with Gasteiger partial charge in [-0.1, -0.05) is 45.0 Å². The van der Waals surface area contributed by atoms with Crippen molar-refractivity contribution >= 4 is 11.9 Å². The Morgan fingerprint density at radius 3 is 2.30 bits per heavy atom. The van der Waals surface area contributed by atoms with Crippen molar-refractivity contribution in [3.63, 3.8) is 0 Å². The first-order valence-corrected chi connectivity index (χ1v) is 6.69. The van der Waals surface area contributed by atoms with Gasteiger partial charge in [0.05, 0.1) is 5.69 Å². The number of aromatic nitrogens is 2. The summed E-state index contributed by atoms with van der Waals surface area (Å²) in [7, 11) is 1.85. The van der Waals surface area contributed by atoms with Gasteiger partial charge in [0.2, 0.25) is 0 Å². The molecule has 1 aromatic carbocycles. The highest BCUT2D eigenvalue weighted by Gasteiger charge is 2.13. The minimum absolute atomic E-state index is 0.00617. The highest BCUT2D eigenvalue weighted by atomic mass is 16.1. The third-order valence-electron chi connectivity index (χ3n) is 3.30. The van der Waals surface area contributed by atoms with Crippen LogP contribution in [-0.4, -0.2) is 15.6 Å². The average molecular weight is 268 g/mol. The second-order valence-corrected chi connectivity index (χ2v) is 5.90. The standard InChI is InChI=1S/C17H20N2O/c1-17(2,3)14-7-5-13(6-8-14)16(20)10-9-15-11-12-18-19(15)4/h5-12H,1-4H3/b10-9+. The van der Waals surface area contributed by atoms with Crippen LogP contribution in [0.25, 0.3) is 6.08 Å². The molecule has 0 saturated carbocycles. The molecule has 0 atom stereocenters. The molecule has 0 fully saturated rings. The van der Waals surface area contributed by atoms with E-state index in [1.807, 2.05) is 37.4 Å². The van der Waals surface area contributed by atoms with Gasteiger partial charge in [-0.05, 0) is 29.2 Å². The Kier molecular flexibility index (Phi) is 3.89. The monoisotopic (exact) mass is 268 g/mol. The molecule has 0 N–H and O–H groups in total. The lowest BCUT2D eigenvalue weighted by Crippen LogP contribution is -2.11. The quantitative estimate of drug-likeness (QED) is 0.629. The molecule has 2 aromatic rings. The summed E-state index contributed by atoms with van der Waals surface area (Å²) < 4.78 is 1.73. The van der Waals surface area contributed by atoms with E-state index in [0.29, 0.717) is 5.56 Å². The Morgan fingerprint density at radius 1 is 1.15 bits per heavy atom. The summed E-state index contributed by atoms with van der Waals surface area (Å²) in [6.45, 7) is 6.48. The molecule has 0 aliphatic rings. The third kappa shape index (κ3) is 3.23. The summed E-state index contributed by atoms with van der Waals surface area (Å²) in [4.78, 5) is 12.1. The van der Waals surface area contributed by atoms with Crippen LogP contribution in [0.15, 0.2) is 42.6 Å². The molecule has 3 nitrogen and oxygen atoms in total. The fourth-order valence-electron chi connectivity index (χ4n) is 1.94. The molecule has 0 radical (unpaired) electrons. The molecule has 0 aliphatic carbocycles. The van der Waals surface area contributed by atoms with E-state index in [1.165, 1.54) is 5.56 Å². The SMILES string of the molecule is Cn1nccc1/C=C/C(=O)c1ccc(C(C)(C)C)cc1. The van der Waals surface area contributed by atoms with E-state index >= 15 is 0 Å². The van der Waals surface area contributed by atoms with Gasteiger partial charge in [0.1, 0.15) is 0 Å². The molecular formula is C17H20N2O. The number of rotatable bonds is 3. The lowest BCUT2D eigenvalue weighted by atomic mass is 9.86. The maximum atomic E-state index is 12.1. The molecule has 0 spiro atoms. The summed E-state index contributed by atoms with van der Waals surface area (Å²) in [6.07, 6.45) is 5.08. The van der Waals surface area contributed by atoms with Gasteiger partial charge in [-0.25, -0.2) is 0 Å². The van der Waals surface area contributed by atoms with Crippen LogP contribution in [0, 0.1) is 0 Å².